The summed E-state index contributed by atoms with van der Waals surface area (Å²) in [5.41, 5.74) is 0.691. The van der Waals surface area contributed by atoms with Gasteiger partial charge >= 0.3 is 6.36 Å². The molecule has 1 N–H and O–H groups in total. The molecule has 0 atom stereocenters. The van der Waals surface area contributed by atoms with Crippen molar-refractivity contribution in [1.82, 2.24) is 5.32 Å². The van der Waals surface area contributed by atoms with Crippen LogP contribution in [0.4, 0.5) is 13.2 Å². The number of hydrogen-bond acceptors (Lipinski definition) is 3. The monoisotopic (exact) mass is 287 g/mol. The molecule has 0 bridgehead atoms. The molecule has 1 aliphatic carbocycles. The highest BCUT2D eigenvalue weighted by Crippen LogP contribution is 2.23. The van der Waals surface area contributed by atoms with E-state index in [1.807, 2.05) is 0 Å². The van der Waals surface area contributed by atoms with Gasteiger partial charge < -0.3 is 10.1 Å². The lowest BCUT2D eigenvalue weighted by Gasteiger charge is -2.09. The zero-order valence-corrected chi connectivity index (χ0v) is 10.9. The van der Waals surface area contributed by atoms with Crippen molar-refractivity contribution in [2.45, 2.75) is 38.1 Å². The smallest absolute Gasteiger partial charge is 0.406 e. The second kappa shape index (κ2) is 6.26. The van der Waals surface area contributed by atoms with Crippen LogP contribution in [0, 0.1) is 0 Å². The van der Waals surface area contributed by atoms with E-state index < -0.39 is 6.36 Å². The van der Waals surface area contributed by atoms with E-state index in [0.29, 0.717) is 24.6 Å². The van der Waals surface area contributed by atoms with E-state index >= 15 is 0 Å². The maximum Gasteiger partial charge on any atom is 0.573 e. The highest BCUT2D eigenvalue weighted by Gasteiger charge is 2.30. The van der Waals surface area contributed by atoms with E-state index in [9.17, 15) is 18.0 Å². The molecule has 1 aliphatic rings. The molecular formula is C14H16F3NO2. The second-order valence-electron chi connectivity index (χ2n) is 4.89. The van der Waals surface area contributed by atoms with Crippen LogP contribution in [0.1, 0.15) is 24.8 Å². The molecule has 0 aromatic heterocycles. The summed E-state index contributed by atoms with van der Waals surface area (Å²) in [6.07, 6.45) is -1.66. The van der Waals surface area contributed by atoms with Crippen LogP contribution in [0.5, 0.6) is 5.75 Å². The van der Waals surface area contributed by atoms with Crippen molar-refractivity contribution >= 4 is 5.78 Å². The number of nitrogens with one attached hydrogen (secondary N) is 1. The molecule has 0 heterocycles. The van der Waals surface area contributed by atoms with Gasteiger partial charge in [-0.05, 0) is 30.5 Å². The first kappa shape index (κ1) is 14.8. The van der Waals surface area contributed by atoms with Gasteiger partial charge in [0.05, 0.1) is 0 Å². The van der Waals surface area contributed by atoms with E-state index in [4.69, 9.17) is 0 Å². The Morgan fingerprint density at radius 1 is 1.25 bits per heavy atom. The van der Waals surface area contributed by atoms with Crippen LogP contribution in [0.3, 0.4) is 0 Å². The minimum atomic E-state index is -4.69. The topological polar surface area (TPSA) is 38.3 Å². The standard InChI is InChI=1S/C14H16F3NO2/c15-14(16,17)20-13-5-1-10(2-6-13)9-12(19)7-8-18-11-3-4-11/h1-2,5-6,11,18H,3-4,7-9H2. The predicted molar refractivity (Wildman–Crippen MR) is 67.5 cm³/mol. The van der Waals surface area contributed by atoms with E-state index in [1.165, 1.54) is 37.1 Å². The number of rotatable bonds is 7. The van der Waals surface area contributed by atoms with E-state index in [1.54, 1.807) is 0 Å². The van der Waals surface area contributed by atoms with Gasteiger partial charge in [-0.3, -0.25) is 4.79 Å². The number of carbonyl (C=O) groups excluding carboxylic acids is 1. The minimum absolute atomic E-state index is 0.0719. The Labute approximate surface area is 115 Å². The summed E-state index contributed by atoms with van der Waals surface area (Å²) in [7, 11) is 0. The first-order chi connectivity index (χ1) is 9.42. The van der Waals surface area contributed by atoms with Gasteiger partial charge in [-0.25, -0.2) is 0 Å². The summed E-state index contributed by atoms with van der Waals surface area (Å²) in [4.78, 5) is 11.7. The zero-order valence-electron chi connectivity index (χ0n) is 10.9. The minimum Gasteiger partial charge on any atom is -0.406 e. The van der Waals surface area contributed by atoms with Gasteiger partial charge in [0.25, 0.3) is 0 Å². The molecule has 0 unspecified atom stereocenters. The molecule has 1 aromatic carbocycles. The third-order valence-corrected chi connectivity index (χ3v) is 2.97. The summed E-state index contributed by atoms with van der Waals surface area (Å²) in [6, 6.07) is 5.97. The Morgan fingerprint density at radius 2 is 1.90 bits per heavy atom. The van der Waals surface area contributed by atoms with Crippen molar-refractivity contribution in [2.24, 2.45) is 0 Å². The molecule has 0 aliphatic heterocycles. The summed E-state index contributed by atoms with van der Waals surface area (Å²) < 4.78 is 39.7. The fourth-order valence-corrected chi connectivity index (χ4v) is 1.83. The number of Topliss-reactive ketones (excluding diaryl/α,β-unsaturated/α-hetero) is 1. The van der Waals surface area contributed by atoms with Gasteiger partial charge in [0.2, 0.25) is 0 Å². The van der Waals surface area contributed by atoms with Gasteiger partial charge in [0.1, 0.15) is 11.5 Å². The molecule has 1 fully saturated rings. The average molecular weight is 287 g/mol. The maximum absolute atomic E-state index is 12.0. The zero-order chi connectivity index (χ0) is 14.6. The lowest BCUT2D eigenvalue weighted by Crippen LogP contribution is -2.20. The summed E-state index contributed by atoms with van der Waals surface area (Å²) in [6.45, 7) is 0.665. The molecule has 3 nitrogen and oxygen atoms in total. The Bertz CT molecular complexity index is 452. The molecule has 0 radical (unpaired) electrons. The number of ether oxygens (including phenoxy) is 1. The molecule has 0 saturated heterocycles. The molecule has 0 spiro atoms. The quantitative estimate of drug-likeness (QED) is 0.838. The summed E-state index contributed by atoms with van der Waals surface area (Å²) in [5, 5.41) is 3.24. The lowest BCUT2D eigenvalue weighted by atomic mass is 10.1. The van der Waals surface area contributed by atoms with E-state index in [2.05, 4.69) is 10.1 Å². The number of ketones is 1. The molecular weight excluding hydrogens is 271 g/mol. The van der Waals surface area contributed by atoms with Crippen LogP contribution in [0.15, 0.2) is 24.3 Å². The Morgan fingerprint density at radius 3 is 2.45 bits per heavy atom. The molecule has 20 heavy (non-hydrogen) atoms. The van der Waals surface area contributed by atoms with Crippen LogP contribution in [0.2, 0.25) is 0 Å². The van der Waals surface area contributed by atoms with Crippen molar-refractivity contribution in [3.63, 3.8) is 0 Å². The van der Waals surface area contributed by atoms with Crippen LogP contribution in [-0.4, -0.2) is 24.7 Å². The number of carbonyl (C=O) groups is 1. The Hall–Kier alpha value is -1.56. The van der Waals surface area contributed by atoms with Gasteiger partial charge in [-0.15, -0.1) is 13.2 Å². The lowest BCUT2D eigenvalue weighted by molar-refractivity contribution is -0.274. The second-order valence-corrected chi connectivity index (χ2v) is 4.89. The number of alkyl halides is 3. The fourth-order valence-electron chi connectivity index (χ4n) is 1.83. The molecule has 0 amide bonds. The highest BCUT2D eigenvalue weighted by molar-refractivity contribution is 5.81. The highest BCUT2D eigenvalue weighted by atomic mass is 19.4. The number of benzene rings is 1. The average Bonchev–Trinajstić information content (AvgIpc) is 3.14. The summed E-state index contributed by atoms with van der Waals surface area (Å²) in [5.74, 6) is -0.202. The van der Waals surface area contributed by atoms with Crippen molar-refractivity contribution in [2.75, 3.05) is 6.54 Å². The molecule has 2 rings (SSSR count). The van der Waals surface area contributed by atoms with E-state index in [-0.39, 0.29) is 18.0 Å². The largest absolute Gasteiger partial charge is 0.573 e. The first-order valence-electron chi connectivity index (χ1n) is 6.52. The summed E-state index contributed by atoms with van der Waals surface area (Å²) >= 11 is 0. The molecule has 6 heteroatoms. The van der Waals surface area contributed by atoms with Crippen LogP contribution >= 0.6 is 0 Å². The fraction of sp³-hybridized carbons (Fsp3) is 0.500. The molecule has 1 aromatic rings. The molecule has 1 saturated carbocycles. The SMILES string of the molecule is O=C(CCNC1CC1)Cc1ccc(OC(F)(F)F)cc1. The van der Waals surface area contributed by atoms with Crippen molar-refractivity contribution in [3.05, 3.63) is 29.8 Å². The van der Waals surface area contributed by atoms with Crippen molar-refractivity contribution in [3.8, 4) is 5.75 Å². The third-order valence-electron chi connectivity index (χ3n) is 2.97. The van der Waals surface area contributed by atoms with E-state index in [0.717, 1.165) is 0 Å². The van der Waals surface area contributed by atoms with Crippen LogP contribution in [-0.2, 0) is 11.2 Å². The van der Waals surface area contributed by atoms with Crippen LogP contribution < -0.4 is 10.1 Å². The van der Waals surface area contributed by atoms with Gasteiger partial charge in [-0.1, -0.05) is 12.1 Å². The Kier molecular flexibility index (Phi) is 4.65. The first-order valence-corrected chi connectivity index (χ1v) is 6.52. The van der Waals surface area contributed by atoms with Gasteiger partial charge in [0, 0.05) is 25.4 Å². The Balaban J connectivity index is 1.75. The number of hydrogen-bond donors (Lipinski definition) is 1. The predicted octanol–water partition coefficient (Wildman–Crippen LogP) is 2.84. The van der Waals surface area contributed by atoms with Gasteiger partial charge in [0.15, 0.2) is 0 Å². The maximum atomic E-state index is 12.0. The van der Waals surface area contributed by atoms with Crippen molar-refractivity contribution in [1.29, 1.82) is 0 Å². The third kappa shape index (κ3) is 5.61. The van der Waals surface area contributed by atoms with Crippen LogP contribution in [0.25, 0.3) is 0 Å². The number of halogens is 3. The van der Waals surface area contributed by atoms with Crippen molar-refractivity contribution < 1.29 is 22.7 Å². The molecule has 110 valence electrons. The van der Waals surface area contributed by atoms with Gasteiger partial charge in [-0.2, -0.15) is 0 Å². The normalized spacial score (nSPS) is 15.2.